The molecule has 0 saturated carbocycles. The number of rotatable bonds is 0. The lowest BCUT2D eigenvalue weighted by atomic mass is 9.96. The number of carbonyl (C=O) groups excluding carboxylic acids is 2. The Morgan fingerprint density at radius 3 is 2.66 bits per heavy atom. The molecule has 3 aliphatic heterocycles. The van der Waals surface area contributed by atoms with Crippen LogP contribution in [0.5, 0.6) is 0 Å². The first-order valence-electron chi connectivity index (χ1n) is 9.75. The number of amides is 2. The highest BCUT2D eigenvalue weighted by atomic mass is 16.2. The third-order valence-electron chi connectivity index (χ3n) is 6.43. The highest BCUT2D eigenvalue weighted by molar-refractivity contribution is 5.96. The normalized spacial score (nSPS) is 24.3. The van der Waals surface area contributed by atoms with Crippen LogP contribution in [-0.2, 0) is 16.1 Å². The minimum absolute atomic E-state index is 0.0129. The monoisotopic (exact) mass is 386 g/mol. The number of nitrogens with zero attached hydrogens (tertiary/aromatic N) is 4. The van der Waals surface area contributed by atoms with Crippen molar-refractivity contribution in [3.8, 4) is 0 Å². The van der Waals surface area contributed by atoms with Gasteiger partial charge in [-0.25, -0.2) is 4.98 Å². The zero-order chi connectivity index (χ0) is 19.9. The van der Waals surface area contributed by atoms with Crippen LogP contribution in [-0.4, -0.2) is 32.4 Å². The molecule has 4 heterocycles. The van der Waals surface area contributed by atoms with Gasteiger partial charge in [0, 0.05) is 18.5 Å². The number of hydrogen-bond donors (Lipinski definition) is 0. The third-order valence-corrected chi connectivity index (χ3v) is 6.43. The fourth-order valence-electron chi connectivity index (χ4n) is 5.33. The summed E-state index contributed by atoms with van der Waals surface area (Å²) in [4.78, 5) is 47.0. The van der Waals surface area contributed by atoms with E-state index in [-0.39, 0.29) is 42.0 Å². The number of fused-ring (bicyclic) bond motifs is 8. The average molecular weight is 386 g/mol. The summed E-state index contributed by atoms with van der Waals surface area (Å²) in [6.45, 7) is 1.49. The molecule has 0 bridgehead atoms. The van der Waals surface area contributed by atoms with E-state index in [0.29, 0.717) is 23.1 Å². The average Bonchev–Trinajstić information content (AvgIpc) is 3.24. The molecule has 7 nitrogen and oxygen atoms in total. The minimum atomic E-state index is -0.362. The second-order valence-corrected chi connectivity index (χ2v) is 7.90. The van der Waals surface area contributed by atoms with Gasteiger partial charge >= 0.3 is 0 Å². The van der Waals surface area contributed by atoms with Gasteiger partial charge in [-0.3, -0.25) is 23.9 Å². The third kappa shape index (κ3) is 2.02. The Morgan fingerprint density at radius 2 is 1.83 bits per heavy atom. The summed E-state index contributed by atoms with van der Waals surface area (Å²) >= 11 is 0. The zero-order valence-electron chi connectivity index (χ0n) is 15.8. The highest BCUT2D eigenvalue weighted by Gasteiger charge is 2.56. The number of carbonyl (C=O) groups is 2. The summed E-state index contributed by atoms with van der Waals surface area (Å²) in [5.74, 6) is 0.392. The number of anilines is 1. The van der Waals surface area contributed by atoms with Crippen LogP contribution in [0, 0.1) is 0 Å². The van der Waals surface area contributed by atoms with Crippen LogP contribution in [0.3, 0.4) is 0 Å². The fourth-order valence-corrected chi connectivity index (χ4v) is 5.33. The molecular formula is C22H18N4O3. The molecule has 0 radical (unpaired) electrons. The van der Waals surface area contributed by atoms with E-state index in [0.717, 1.165) is 11.3 Å². The lowest BCUT2D eigenvalue weighted by molar-refractivity contribution is -0.137. The van der Waals surface area contributed by atoms with Gasteiger partial charge in [-0.05, 0) is 30.2 Å². The van der Waals surface area contributed by atoms with Crippen LogP contribution in [0.1, 0.15) is 36.7 Å². The smallest absolute Gasteiger partial charge is 0.261 e. The van der Waals surface area contributed by atoms with Crippen molar-refractivity contribution in [2.24, 2.45) is 0 Å². The molecule has 1 aromatic heterocycles. The van der Waals surface area contributed by atoms with Crippen molar-refractivity contribution >= 4 is 28.4 Å². The van der Waals surface area contributed by atoms with E-state index in [1.165, 1.54) is 11.5 Å². The summed E-state index contributed by atoms with van der Waals surface area (Å²) in [6.07, 6.45) is 0.279. The van der Waals surface area contributed by atoms with Gasteiger partial charge < -0.3 is 4.90 Å². The summed E-state index contributed by atoms with van der Waals surface area (Å²) in [5, 5.41) is 0.520. The predicted molar refractivity (Wildman–Crippen MR) is 106 cm³/mol. The highest BCUT2D eigenvalue weighted by Crippen LogP contribution is 2.54. The Kier molecular flexibility index (Phi) is 3.14. The Bertz CT molecular complexity index is 1280. The first-order valence-corrected chi connectivity index (χ1v) is 9.75. The molecule has 29 heavy (non-hydrogen) atoms. The molecule has 2 amide bonds. The maximum absolute atomic E-state index is 13.2. The molecule has 0 unspecified atom stereocenters. The molecular weight excluding hydrogens is 368 g/mol. The first kappa shape index (κ1) is 16.5. The van der Waals surface area contributed by atoms with Crippen LogP contribution in [0.2, 0.25) is 0 Å². The second-order valence-electron chi connectivity index (χ2n) is 7.90. The number of para-hydroxylation sites is 2. The van der Waals surface area contributed by atoms with E-state index in [9.17, 15) is 14.4 Å². The van der Waals surface area contributed by atoms with Crippen LogP contribution >= 0.6 is 0 Å². The molecule has 1 fully saturated rings. The zero-order valence-corrected chi connectivity index (χ0v) is 15.8. The number of benzene rings is 2. The van der Waals surface area contributed by atoms with Gasteiger partial charge in [0.15, 0.2) is 0 Å². The molecule has 3 aromatic rings. The van der Waals surface area contributed by atoms with Gasteiger partial charge in [0.1, 0.15) is 18.5 Å². The molecule has 7 heteroatoms. The van der Waals surface area contributed by atoms with Gasteiger partial charge in [0.05, 0.1) is 16.9 Å². The first-order chi connectivity index (χ1) is 14.1. The van der Waals surface area contributed by atoms with Crippen molar-refractivity contribution in [2.45, 2.75) is 38.0 Å². The summed E-state index contributed by atoms with van der Waals surface area (Å²) in [7, 11) is 0. The molecule has 3 atom stereocenters. The second kappa shape index (κ2) is 5.53. The van der Waals surface area contributed by atoms with Gasteiger partial charge in [-0.2, -0.15) is 0 Å². The van der Waals surface area contributed by atoms with Crippen LogP contribution in [0.15, 0.2) is 53.3 Å². The number of aromatic nitrogens is 2. The van der Waals surface area contributed by atoms with E-state index in [4.69, 9.17) is 4.98 Å². The van der Waals surface area contributed by atoms with E-state index < -0.39 is 0 Å². The Labute approximate surface area is 166 Å². The van der Waals surface area contributed by atoms with Crippen molar-refractivity contribution in [3.05, 3.63) is 70.3 Å². The quantitative estimate of drug-likeness (QED) is 0.593. The molecule has 0 spiro atoms. The Balaban J connectivity index is 1.56. The summed E-state index contributed by atoms with van der Waals surface area (Å²) in [5.41, 5.74) is 2.40. The summed E-state index contributed by atoms with van der Waals surface area (Å²) < 4.78 is 1.51. The standard InChI is InChI=1S/C22H18N4O3/c1-12(27)25-17-9-5-3-6-13(17)15-10-18-20-23-16-8-4-2-7-14(16)22(29)24(20)11-19(28)26(18)21(15)25/h2-9,15,18,21H,10-11H2,1H3/t15-,18-,21-/m0/s1. The Morgan fingerprint density at radius 1 is 1.07 bits per heavy atom. The lowest BCUT2D eigenvalue weighted by Crippen LogP contribution is -2.54. The minimum Gasteiger partial charge on any atom is -0.309 e. The largest absolute Gasteiger partial charge is 0.309 e. The molecule has 0 aliphatic carbocycles. The fraction of sp³-hybridized carbons (Fsp3) is 0.273. The van der Waals surface area contributed by atoms with Crippen molar-refractivity contribution < 1.29 is 9.59 Å². The maximum atomic E-state index is 13.2. The Hall–Kier alpha value is -3.48. The molecule has 0 N–H and O–H groups in total. The molecule has 6 rings (SSSR count). The number of hydrogen-bond acceptors (Lipinski definition) is 4. The van der Waals surface area contributed by atoms with E-state index in [1.807, 2.05) is 36.4 Å². The lowest BCUT2D eigenvalue weighted by Gasteiger charge is -2.38. The molecule has 2 aromatic carbocycles. The van der Waals surface area contributed by atoms with Crippen molar-refractivity contribution in [1.82, 2.24) is 14.5 Å². The molecule has 144 valence electrons. The van der Waals surface area contributed by atoms with Crippen molar-refractivity contribution in [1.29, 1.82) is 0 Å². The van der Waals surface area contributed by atoms with E-state index >= 15 is 0 Å². The van der Waals surface area contributed by atoms with Gasteiger partial charge in [-0.15, -0.1) is 0 Å². The molecule has 3 aliphatic rings. The SMILES string of the molecule is CC(=O)N1c2ccccc2[C@@H]2C[C@H]3c4nc5ccccc5c(=O)n4CC(=O)N3[C@@H]21. The van der Waals surface area contributed by atoms with Gasteiger partial charge in [-0.1, -0.05) is 30.3 Å². The van der Waals surface area contributed by atoms with Gasteiger partial charge in [0.2, 0.25) is 11.8 Å². The summed E-state index contributed by atoms with van der Waals surface area (Å²) in [6, 6.07) is 14.7. The van der Waals surface area contributed by atoms with Crippen LogP contribution in [0.25, 0.3) is 10.9 Å². The van der Waals surface area contributed by atoms with E-state index in [1.54, 1.807) is 21.9 Å². The van der Waals surface area contributed by atoms with Crippen LogP contribution in [0.4, 0.5) is 5.69 Å². The van der Waals surface area contributed by atoms with Crippen molar-refractivity contribution in [3.63, 3.8) is 0 Å². The van der Waals surface area contributed by atoms with Crippen molar-refractivity contribution in [2.75, 3.05) is 4.90 Å². The maximum Gasteiger partial charge on any atom is 0.261 e. The van der Waals surface area contributed by atoms with E-state index in [2.05, 4.69) is 0 Å². The molecule has 1 saturated heterocycles. The van der Waals surface area contributed by atoms with Crippen LogP contribution < -0.4 is 10.5 Å². The predicted octanol–water partition coefficient (Wildman–Crippen LogP) is 2.16. The topological polar surface area (TPSA) is 75.5 Å². The van der Waals surface area contributed by atoms with Gasteiger partial charge in [0.25, 0.3) is 5.56 Å².